The first-order chi connectivity index (χ1) is 15.0. The molecule has 0 aliphatic rings. The van der Waals surface area contributed by atoms with Crippen LogP contribution in [0, 0.1) is 11.6 Å². The van der Waals surface area contributed by atoms with E-state index in [-0.39, 0.29) is 18.2 Å². The summed E-state index contributed by atoms with van der Waals surface area (Å²) in [5, 5.41) is 11.4. The van der Waals surface area contributed by atoms with Gasteiger partial charge in [-0.3, -0.25) is 9.48 Å². The Morgan fingerprint density at radius 1 is 0.968 bits per heavy atom. The second-order valence-electron chi connectivity index (χ2n) is 6.56. The maximum absolute atomic E-state index is 13.2. The summed E-state index contributed by atoms with van der Waals surface area (Å²) in [5.41, 5.74) is 0.878. The van der Waals surface area contributed by atoms with Gasteiger partial charge >= 0.3 is 0 Å². The zero-order valence-corrected chi connectivity index (χ0v) is 16.8. The van der Waals surface area contributed by atoms with Crippen molar-refractivity contribution in [1.29, 1.82) is 0 Å². The summed E-state index contributed by atoms with van der Waals surface area (Å²) in [5.74, 6) is -0.390. The third kappa shape index (κ3) is 5.26. The first-order valence-corrected chi connectivity index (χ1v) is 9.54. The van der Waals surface area contributed by atoms with Crippen LogP contribution in [-0.4, -0.2) is 25.5 Å². The number of anilines is 1. The molecule has 2 aromatic carbocycles. The molecule has 7 nitrogen and oxygen atoms in total. The van der Waals surface area contributed by atoms with Crippen LogP contribution in [0.4, 0.5) is 14.6 Å². The molecule has 0 saturated heterocycles. The Morgan fingerprint density at radius 2 is 1.71 bits per heavy atom. The highest BCUT2D eigenvalue weighted by Crippen LogP contribution is 2.19. The van der Waals surface area contributed by atoms with E-state index >= 15 is 0 Å². The quantitative estimate of drug-likeness (QED) is 0.461. The van der Waals surface area contributed by atoms with Crippen molar-refractivity contribution in [3.05, 3.63) is 94.9 Å². The van der Waals surface area contributed by atoms with Crippen LogP contribution in [0.2, 0.25) is 5.02 Å². The van der Waals surface area contributed by atoms with Crippen molar-refractivity contribution in [3.63, 3.8) is 0 Å². The van der Waals surface area contributed by atoms with Crippen molar-refractivity contribution in [3.8, 4) is 5.75 Å². The molecule has 0 aliphatic carbocycles. The first-order valence-electron chi connectivity index (χ1n) is 9.17. The molecule has 4 rings (SSSR count). The molecule has 10 heteroatoms. The van der Waals surface area contributed by atoms with Crippen molar-refractivity contribution in [2.45, 2.75) is 13.3 Å². The summed E-state index contributed by atoms with van der Waals surface area (Å²) >= 11 is 6.04. The van der Waals surface area contributed by atoms with E-state index in [0.717, 1.165) is 0 Å². The summed E-state index contributed by atoms with van der Waals surface area (Å²) in [7, 11) is 0. The second kappa shape index (κ2) is 8.97. The van der Waals surface area contributed by atoms with Crippen LogP contribution in [0.3, 0.4) is 0 Å². The highest BCUT2D eigenvalue weighted by molar-refractivity contribution is 6.31. The molecule has 4 aromatic rings. The Bertz CT molecular complexity index is 1210. The number of halogens is 3. The molecule has 0 saturated carbocycles. The number of benzene rings is 2. The van der Waals surface area contributed by atoms with E-state index in [1.165, 1.54) is 41.1 Å². The lowest BCUT2D eigenvalue weighted by Gasteiger charge is -2.06. The number of amides is 1. The maximum atomic E-state index is 13.2. The molecule has 0 spiro atoms. The zero-order chi connectivity index (χ0) is 21.8. The third-order valence-electron chi connectivity index (χ3n) is 4.28. The molecule has 0 radical (unpaired) electrons. The molecule has 1 amide bonds. The molecule has 31 heavy (non-hydrogen) atoms. The SMILES string of the molecule is O=C(Nc1ccn(Cc2ccc(F)cc2Cl)n1)c1ccn(COc2ccc(F)cc2)n1. The van der Waals surface area contributed by atoms with E-state index in [1.54, 1.807) is 35.3 Å². The number of nitrogens with one attached hydrogen (secondary N) is 1. The van der Waals surface area contributed by atoms with Crippen LogP contribution >= 0.6 is 11.6 Å². The Balaban J connectivity index is 1.34. The Kier molecular flexibility index (Phi) is 5.94. The van der Waals surface area contributed by atoms with Crippen LogP contribution in [0.15, 0.2) is 67.0 Å². The maximum Gasteiger partial charge on any atom is 0.277 e. The topological polar surface area (TPSA) is 74.0 Å². The van der Waals surface area contributed by atoms with Crippen molar-refractivity contribution in [2.24, 2.45) is 0 Å². The van der Waals surface area contributed by atoms with Gasteiger partial charge in [-0.15, -0.1) is 0 Å². The number of hydrogen-bond donors (Lipinski definition) is 1. The Labute approximate surface area is 180 Å². The lowest BCUT2D eigenvalue weighted by Crippen LogP contribution is -2.15. The van der Waals surface area contributed by atoms with Crippen LogP contribution < -0.4 is 10.1 Å². The molecule has 2 heterocycles. The minimum Gasteiger partial charge on any atom is -0.471 e. The average Bonchev–Trinajstić information content (AvgIpc) is 3.39. The van der Waals surface area contributed by atoms with Gasteiger partial charge in [0.15, 0.2) is 18.2 Å². The van der Waals surface area contributed by atoms with Gasteiger partial charge < -0.3 is 10.1 Å². The summed E-state index contributed by atoms with van der Waals surface area (Å²) in [6.45, 7) is 0.385. The highest BCUT2D eigenvalue weighted by Gasteiger charge is 2.12. The number of carbonyl (C=O) groups is 1. The van der Waals surface area contributed by atoms with Gasteiger partial charge in [-0.1, -0.05) is 17.7 Å². The van der Waals surface area contributed by atoms with Crippen molar-refractivity contribution < 1.29 is 18.3 Å². The second-order valence-corrected chi connectivity index (χ2v) is 6.96. The molecule has 0 aliphatic heterocycles. The van der Waals surface area contributed by atoms with Crippen LogP contribution in [0.25, 0.3) is 0 Å². The predicted molar refractivity (Wildman–Crippen MR) is 110 cm³/mol. The van der Waals surface area contributed by atoms with Crippen molar-refractivity contribution in [2.75, 3.05) is 5.32 Å². The summed E-state index contributed by atoms with van der Waals surface area (Å²) < 4.78 is 34.6. The van der Waals surface area contributed by atoms with Gasteiger partial charge in [-0.25, -0.2) is 13.5 Å². The highest BCUT2D eigenvalue weighted by atomic mass is 35.5. The molecule has 0 unspecified atom stereocenters. The lowest BCUT2D eigenvalue weighted by atomic mass is 10.2. The standard InChI is InChI=1S/C21H16ClF2N5O2/c22-18-11-16(24)2-1-14(18)12-28-10-8-20(27-28)25-21(30)19-7-9-29(26-19)13-31-17-5-3-15(23)4-6-17/h1-11H,12-13H2,(H,25,27,30). The van der Waals surface area contributed by atoms with Gasteiger partial charge in [-0.2, -0.15) is 10.2 Å². The van der Waals surface area contributed by atoms with Gasteiger partial charge in [0.2, 0.25) is 0 Å². The Morgan fingerprint density at radius 3 is 2.48 bits per heavy atom. The van der Waals surface area contributed by atoms with Gasteiger partial charge in [0.1, 0.15) is 17.4 Å². The molecule has 158 valence electrons. The molecule has 0 bridgehead atoms. The molecule has 2 aromatic heterocycles. The van der Waals surface area contributed by atoms with Gasteiger partial charge in [0.25, 0.3) is 5.91 Å². The van der Waals surface area contributed by atoms with Crippen molar-refractivity contribution in [1.82, 2.24) is 19.6 Å². The molecule has 0 atom stereocenters. The first kappa shape index (κ1) is 20.5. The minimum absolute atomic E-state index is 0.0615. The minimum atomic E-state index is -0.439. The van der Waals surface area contributed by atoms with Crippen LogP contribution in [0.5, 0.6) is 5.75 Å². The van der Waals surface area contributed by atoms with E-state index < -0.39 is 11.7 Å². The smallest absolute Gasteiger partial charge is 0.277 e. The van der Waals surface area contributed by atoms with Gasteiger partial charge in [0, 0.05) is 23.5 Å². The number of hydrogen-bond acceptors (Lipinski definition) is 4. The fourth-order valence-corrected chi connectivity index (χ4v) is 2.97. The fraction of sp³-hybridized carbons (Fsp3) is 0.0952. The van der Waals surface area contributed by atoms with Crippen LogP contribution in [-0.2, 0) is 13.3 Å². The molecule has 0 fully saturated rings. The van der Waals surface area contributed by atoms with Crippen molar-refractivity contribution >= 4 is 23.3 Å². The summed E-state index contributed by atoms with van der Waals surface area (Å²) in [6, 6.07) is 12.9. The number of rotatable bonds is 7. The monoisotopic (exact) mass is 443 g/mol. The number of ether oxygens (including phenoxy) is 1. The number of carbonyl (C=O) groups excluding carboxylic acids is 1. The third-order valence-corrected chi connectivity index (χ3v) is 4.63. The lowest BCUT2D eigenvalue weighted by molar-refractivity contribution is 0.101. The van der Waals surface area contributed by atoms with Gasteiger partial charge in [-0.05, 0) is 48.0 Å². The largest absolute Gasteiger partial charge is 0.471 e. The summed E-state index contributed by atoms with van der Waals surface area (Å²) in [6.07, 6.45) is 3.26. The van der Waals surface area contributed by atoms with Crippen LogP contribution in [0.1, 0.15) is 16.1 Å². The van der Waals surface area contributed by atoms with E-state index in [1.807, 2.05) is 0 Å². The molecule has 1 N–H and O–H groups in total. The molecular weight excluding hydrogens is 428 g/mol. The van der Waals surface area contributed by atoms with E-state index in [9.17, 15) is 13.6 Å². The zero-order valence-electron chi connectivity index (χ0n) is 16.0. The number of aromatic nitrogens is 4. The van der Waals surface area contributed by atoms with E-state index in [2.05, 4.69) is 15.5 Å². The van der Waals surface area contributed by atoms with E-state index in [0.29, 0.717) is 28.7 Å². The average molecular weight is 444 g/mol. The fourth-order valence-electron chi connectivity index (χ4n) is 2.75. The van der Waals surface area contributed by atoms with Gasteiger partial charge in [0.05, 0.1) is 6.54 Å². The summed E-state index contributed by atoms with van der Waals surface area (Å²) in [4.78, 5) is 12.4. The predicted octanol–water partition coefficient (Wildman–Crippen LogP) is 4.35. The normalized spacial score (nSPS) is 10.8. The Hall–Kier alpha value is -3.72. The number of nitrogens with zero attached hydrogens (tertiary/aromatic N) is 4. The van der Waals surface area contributed by atoms with E-state index in [4.69, 9.17) is 16.3 Å². The molecular formula is C21H16ClF2N5O2.